The second-order valence-electron chi connectivity index (χ2n) is 12.5. The molecule has 4 rings (SSSR count). The molecule has 48 heavy (non-hydrogen) atoms. The average Bonchev–Trinajstić information content (AvgIpc) is 3.78. The van der Waals surface area contributed by atoms with Crippen LogP contribution >= 0.6 is 22.7 Å². The van der Waals surface area contributed by atoms with Crippen molar-refractivity contribution in [2.75, 3.05) is 39.9 Å². The number of ether oxygens (including phenoxy) is 2. The number of rotatable bonds is 17. The Kier molecular flexibility index (Phi) is 15.1. The summed E-state index contributed by atoms with van der Waals surface area (Å²) in [6.07, 6.45) is 3.52. The number of morpholine rings is 1. The average molecular weight is 700 g/mol. The minimum atomic E-state index is -0.716. The van der Waals surface area contributed by atoms with Gasteiger partial charge in [-0.3, -0.25) is 14.7 Å². The van der Waals surface area contributed by atoms with Gasteiger partial charge in [0.25, 0.3) is 0 Å². The molecule has 1 aliphatic heterocycles. The first kappa shape index (κ1) is 37.2. The van der Waals surface area contributed by atoms with Gasteiger partial charge >= 0.3 is 12.1 Å². The monoisotopic (exact) mass is 699 g/mol. The third kappa shape index (κ3) is 12.8. The van der Waals surface area contributed by atoms with Crippen molar-refractivity contribution in [3.05, 3.63) is 68.6 Å². The van der Waals surface area contributed by atoms with Crippen LogP contribution in [0.25, 0.3) is 0 Å². The van der Waals surface area contributed by atoms with Gasteiger partial charge in [0.2, 0.25) is 5.91 Å². The summed E-state index contributed by atoms with van der Waals surface area (Å²) in [6, 6.07) is 8.52. The molecule has 12 nitrogen and oxygen atoms in total. The number of hydrogen-bond donors (Lipinski definition) is 3. The second-order valence-corrected chi connectivity index (χ2v) is 14.4. The molecule has 262 valence electrons. The van der Waals surface area contributed by atoms with Crippen LogP contribution in [0, 0.1) is 0 Å². The van der Waals surface area contributed by atoms with E-state index in [2.05, 4.69) is 44.7 Å². The molecule has 1 saturated heterocycles. The van der Waals surface area contributed by atoms with Gasteiger partial charge in [0.05, 0.1) is 40.8 Å². The van der Waals surface area contributed by atoms with E-state index in [1.165, 1.54) is 11.3 Å². The minimum absolute atomic E-state index is 0.163. The van der Waals surface area contributed by atoms with Crippen LogP contribution in [0.3, 0.4) is 0 Å². The number of amides is 4. The van der Waals surface area contributed by atoms with Crippen LogP contribution in [0.2, 0.25) is 0 Å². The number of nitrogens with zero attached hydrogens (tertiary/aromatic N) is 4. The number of carbonyl (C=O) groups excluding carboxylic acids is 3. The Balaban J connectivity index is 1.33. The molecule has 1 aliphatic rings. The van der Waals surface area contributed by atoms with Crippen LogP contribution in [0.15, 0.2) is 47.4 Å². The Labute approximate surface area is 291 Å². The van der Waals surface area contributed by atoms with Gasteiger partial charge in [-0.1, -0.05) is 44.2 Å². The lowest BCUT2D eigenvalue weighted by atomic mass is 9.99. The molecule has 0 aliphatic carbocycles. The summed E-state index contributed by atoms with van der Waals surface area (Å²) >= 11 is 3.02. The van der Waals surface area contributed by atoms with Gasteiger partial charge in [-0.2, -0.15) is 0 Å². The Bertz CT molecular complexity index is 1400. The highest BCUT2D eigenvalue weighted by molar-refractivity contribution is 7.09. The molecule has 14 heteroatoms. The second kappa shape index (κ2) is 19.4. The molecule has 3 heterocycles. The van der Waals surface area contributed by atoms with E-state index in [1.54, 1.807) is 35.0 Å². The predicted molar refractivity (Wildman–Crippen MR) is 188 cm³/mol. The smallest absolute Gasteiger partial charge is 0.407 e. The van der Waals surface area contributed by atoms with Gasteiger partial charge in [-0.05, 0) is 38.2 Å². The first-order chi connectivity index (χ1) is 23.2. The number of nitrogens with one attached hydrogen (secondary N) is 3. The van der Waals surface area contributed by atoms with Crippen LogP contribution < -0.4 is 16.0 Å². The van der Waals surface area contributed by atoms with Crippen LogP contribution in [0.5, 0.6) is 0 Å². The van der Waals surface area contributed by atoms with E-state index in [1.807, 2.05) is 42.6 Å². The lowest BCUT2D eigenvalue weighted by Crippen LogP contribution is -2.53. The molecule has 1 fully saturated rings. The third-order valence-electron chi connectivity index (χ3n) is 8.07. The summed E-state index contributed by atoms with van der Waals surface area (Å²) in [5, 5.41) is 12.1. The predicted octanol–water partition coefficient (Wildman–Crippen LogP) is 4.78. The van der Waals surface area contributed by atoms with Crippen LogP contribution in [-0.2, 0) is 33.8 Å². The van der Waals surface area contributed by atoms with Crippen LogP contribution in [0.1, 0.15) is 67.1 Å². The van der Waals surface area contributed by atoms with Gasteiger partial charge in [0.15, 0.2) is 0 Å². The van der Waals surface area contributed by atoms with Gasteiger partial charge in [-0.15, -0.1) is 22.7 Å². The third-order valence-corrected chi connectivity index (χ3v) is 10.0. The standard InChI is InChI=1S/C34H49N7O5S2/c1-24(2)32-37-28(22-47-32)20-40(4)33(43)39-30(12-13-41-14-16-45-17-15-41)31(42)36-25(3)10-11-27(18-26-8-6-5-7-9-26)38-34(44)46-21-29-19-35-23-48-29/h5-9,19,22-25,27,30H,10-18,20-21H2,1-4H3,(H,36,42)(H,38,44)(H,39,43)/t25-,27+,30?/m0/s1. The maximum atomic E-state index is 13.6. The summed E-state index contributed by atoms with van der Waals surface area (Å²) in [5.41, 5.74) is 3.62. The fourth-order valence-electron chi connectivity index (χ4n) is 5.29. The normalized spacial score (nSPS) is 15.4. The number of thiazole rings is 2. The molecule has 0 radical (unpaired) electrons. The number of urea groups is 1. The summed E-state index contributed by atoms with van der Waals surface area (Å²) in [6.45, 7) is 10.2. The van der Waals surface area contributed by atoms with E-state index >= 15 is 0 Å². The van der Waals surface area contributed by atoms with Gasteiger partial charge in [0.1, 0.15) is 12.6 Å². The van der Waals surface area contributed by atoms with E-state index < -0.39 is 12.1 Å². The van der Waals surface area contributed by atoms with Crippen molar-refractivity contribution in [3.63, 3.8) is 0 Å². The Morgan fingerprint density at radius 1 is 1.02 bits per heavy atom. The molecular formula is C34H49N7O5S2. The Hall–Kier alpha value is -3.59. The lowest BCUT2D eigenvalue weighted by Gasteiger charge is -2.29. The zero-order chi connectivity index (χ0) is 34.3. The number of benzene rings is 1. The van der Waals surface area contributed by atoms with Gasteiger partial charge in [-0.25, -0.2) is 14.6 Å². The number of alkyl carbamates (subject to hydrolysis) is 1. The number of carbonyl (C=O) groups is 3. The van der Waals surface area contributed by atoms with E-state index in [4.69, 9.17) is 9.47 Å². The van der Waals surface area contributed by atoms with Gasteiger partial charge < -0.3 is 30.3 Å². The van der Waals surface area contributed by atoms with Crippen molar-refractivity contribution >= 4 is 40.7 Å². The number of hydrogen-bond acceptors (Lipinski definition) is 10. The number of aromatic nitrogens is 2. The largest absolute Gasteiger partial charge is 0.444 e. The molecule has 3 N–H and O–H groups in total. The van der Waals surface area contributed by atoms with Crippen molar-refractivity contribution in [2.24, 2.45) is 0 Å². The van der Waals surface area contributed by atoms with Crippen molar-refractivity contribution in [1.82, 2.24) is 35.7 Å². The summed E-state index contributed by atoms with van der Waals surface area (Å²) in [4.78, 5) is 52.9. The molecule has 3 aromatic rings. The summed E-state index contributed by atoms with van der Waals surface area (Å²) < 4.78 is 10.9. The first-order valence-corrected chi connectivity index (χ1v) is 18.3. The minimum Gasteiger partial charge on any atom is -0.444 e. The van der Waals surface area contributed by atoms with Crippen LogP contribution in [-0.4, -0.2) is 95.8 Å². The summed E-state index contributed by atoms with van der Waals surface area (Å²) in [7, 11) is 1.71. The molecule has 1 unspecified atom stereocenters. The quantitative estimate of drug-likeness (QED) is 0.183. The SMILES string of the molecule is CC(C)c1nc(CN(C)C(=O)NC(CCN2CCOCC2)C(=O)N[C@@H](C)CC[C@H](Cc2ccccc2)NC(=O)OCc2cncs2)cs1. The highest BCUT2D eigenvalue weighted by Gasteiger charge is 2.26. The molecule has 1 aromatic carbocycles. The zero-order valence-corrected chi connectivity index (χ0v) is 30.0. The van der Waals surface area contributed by atoms with E-state index in [9.17, 15) is 14.4 Å². The van der Waals surface area contributed by atoms with Crippen molar-refractivity contribution in [2.45, 2.75) is 83.6 Å². The molecule has 3 atom stereocenters. The van der Waals surface area contributed by atoms with Crippen molar-refractivity contribution in [3.8, 4) is 0 Å². The molecular weight excluding hydrogens is 651 g/mol. The van der Waals surface area contributed by atoms with Gasteiger partial charge in [0, 0.05) is 56.3 Å². The highest BCUT2D eigenvalue weighted by Crippen LogP contribution is 2.20. The maximum absolute atomic E-state index is 13.6. The van der Waals surface area contributed by atoms with E-state index in [0.29, 0.717) is 57.9 Å². The first-order valence-electron chi connectivity index (χ1n) is 16.6. The summed E-state index contributed by atoms with van der Waals surface area (Å²) in [5.74, 6) is 0.0929. The Morgan fingerprint density at radius 2 is 1.79 bits per heavy atom. The maximum Gasteiger partial charge on any atom is 0.407 e. The fraction of sp³-hybridized carbons (Fsp3) is 0.559. The molecule has 2 aromatic heterocycles. The Morgan fingerprint density at radius 3 is 2.48 bits per heavy atom. The fourth-order valence-corrected chi connectivity index (χ4v) is 6.62. The van der Waals surface area contributed by atoms with Crippen molar-refractivity contribution in [1.29, 1.82) is 0 Å². The van der Waals surface area contributed by atoms with E-state index in [0.717, 1.165) is 34.2 Å². The molecule has 4 amide bonds. The lowest BCUT2D eigenvalue weighted by molar-refractivity contribution is -0.124. The van der Waals surface area contributed by atoms with Crippen molar-refractivity contribution < 1.29 is 23.9 Å². The molecule has 0 bridgehead atoms. The molecule has 0 saturated carbocycles. The zero-order valence-electron chi connectivity index (χ0n) is 28.4. The van der Waals surface area contributed by atoms with Crippen LogP contribution in [0.4, 0.5) is 9.59 Å². The topological polar surface area (TPSA) is 138 Å². The highest BCUT2D eigenvalue weighted by atomic mass is 32.1. The molecule has 0 spiro atoms. The van der Waals surface area contributed by atoms with E-state index in [-0.39, 0.29) is 30.6 Å².